The Morgan fingerprint density at radius 3 is 2.96 bits per heavy atom. The molecule has 2 aromatic heterocycles. The molecular weight excluding hydrogens is 328 g/mol. The number of nitrogens with zero attached hydrogens (tertiary/aromatic N) is 4. The number of hydrogen-bond donors (Lipinski definition) is 1. The number of hydrogen-bond acceptors (Lipinski definition) is 4. The molecule has 2 aromatic rings. The van der Waals surface area contributed by atoms with Crippen molar-refractivity contribution in [1.82, 2.24) is 19.2 Å². The molecule has 26 heavy (non-hydrogen) atoms. The van der Waals surface area contributed by atoms with Crippen molar-refractivity contribution in [2.75, 3.05) is 26.7 Å². The Hall–Kier alpha value is -1.92. The van der Waals surface area contributed by atoms with Crippen molar-refractivity contribution in [2.45, 2.75) is 44.8 Å². The lowest BCUT2D eigenvalue weighted by molar-refractivity contribution is -0.159. The zero-order valence-corrected chi connectivity index (χ0v) is 15.7. The molecule has 0 radical (unpaired) electrons. The predicted octanol–water partition coefficient (Wildman–Crippen LogP) is 1.84. The van der Waals surface area contributed by atoms with Crippen LogP contribution in [0.1, 0.15) is 37.1 Å². The predicted molar refractivity (Wildman–Crippen MR) is 99.8 cm³/mol. The van der Waals surface area contributed by atoms with E-state index >= 15 is 0 Å². The van der Waals surface area contributed by atoms with E-state index in [1.807, 2.05) is 48.2 Å². The van der Waals surface area contributed by atoms with Gasteiger partial charge in [0.05, 0.1) is 11.4 Å². The van der Waals surface area contributed by atoms with Gasteiger partial charge in [0.15, 0.2) is 5.60 Å². The summed E-state index contributed by atoms with van der Waals surface area (Å²) in [4.78, 5) is 21.4. The van der Waals surface area contributed by atoms with Crippen molar-refractivity contribution in [3.63, 3.8) is 0 Å². The average molecular weight is 356 g/mol. The van der Waals surface area contributed by atoms with E-state index in [1.54, 1.807) is 0 Å². The Bertz CT molecular complexity index is 813. The van der Waals surface area contributed by atoms with Crippen molar-refractivity contribution in [3.8, 4) is 0 Å². The van der Waals surface area contributed by atoms with Gasteiger partial charge in [-0.15, -0.1) is 0 Å². The highest BCUT2D eigenvalue weighted by molar-refractivity contribution is 5.86. The molecule has 6 heteroatoms. The van der Waals surface area contributed by atoms with Gasteiger partial charge in [-0.3, -0.25) is 9.69 Å². The highest BCUT2D eigenvalue weighted by Gasteiger charge is 2.44. The smallest absolute Gasteiger partial charge is 0.255 e. The number of likely N-dealkylation sites (N-methyl/N-ethyl adjacent to an activating group) is 1. The normalized spacial score (nSPS) is 24.0. The summed E-state index contributed by atoms with van der Waals surface area (Å²) in [6, 6.07) is 5.96. The molecular formula is C20H28N4O2. The molecule has 140 valence electrons. The Kier molecular flexibility index (Phi) is 4.49. The fourth-order valence-electron chi connectivity index (χ4n) is 4.11. The molecule has 1 amide bonds. The molecule has 0 spiro atoms. The van der Waals surface area contributed by atoms with Gasteiger partial charge in [0.1, 0.15) is 5.65 Å². The van der Waals surface area contributed by atoms with E-state index in [1.165, 1.54) is 12.8 Å². The minimum absolute atomic E-state index is 0.0858. The molecule has 2 aliphatic rings. The van der Waals surface area contributed by atoms with E-state index in [0.29, 0.717) is 25.4 Å². The first-order valence-corrected chi connectivity index (χ1v) is 9.59. The molecule has 4 rings (SSSR count). The number of amides is 1. The van der Waals surface area contributed by atoms with Crippen LogP contribution in [0.15, 0.2) is 24.4 Å². The fourth-order valence-corrected chi connectivity index (χ4v) is 4.11. The second-order valence-electron chi connectivity index (χ2n) is 8.07. The Balaban J connectivity index is 1.46. The number of imidazole rings is 1. The third-order valence-electron chi connectivity index (χ3n) is 5.66. The summed E-state index contributed by atoms with van der Waals surface area (Å²) >= 11 is 0. The van der Waals surface area contributed by atoms with Crippen LogP contribution in [-0.2, 0) is 11.3 Å². The number of carbonyl (C=O) groups is 1. The third kappa shape index (κ3) is 3.35. The highest BCUT2D eigenvalue weighted by atomic mass is 16.3. The summed E-state index contributed by atoms with van der Waals surface area (Å²) in [5.74, 6) is 0.567. The molecule has 0 aromatic carbocycles. The number of piperidine rings is 1. The van der Waals surface area contributed by atoms with Crippen LogP contribution in [0.25, 0.3) is 5.65 Å². The third-order valence-corrected chi connectivity index (χ3v) is 5.66. The quantitative estimate of drug-likeness (QED) is 0.858. The number of likely N-dealkylation sites (tertiary alicyclic amines) is 1. The maximum Gasteiger partial charge on any atom is 0.255 e. The summed E-state index contributed by atoms with van der Waals surface area (Å²) in [6.45, 7) is 4.61. The van der Waals surface area contributed by atoms with Gasteiger partial charge in [0, 0.05) is 32.4 Å². The van der Waals surface area contributed by atoms with Crippen LogP contribution < -0.4 is 0 Å². The monoisotopic (exact) mass is 356 g/mol. The van der Waals surface area contributed by atoms with Crippen LogP contribution in [0.2, 0.25) is 0 Å². The highest BCUT2D eigenvalue weighted by Crippen LogP contribution is 2.32. The van der Waals surface area contributed by atoms with Gasteiger partial charge in [-0.2, -0.15) is 0 Å². The minimum Gasteiger partial charge on any atom is -0.379 e. The van der Waals surface area contributed by atoms with E-state index in [-0.39, 0.29) is 5.91 Å². The van der Waals surface area contributed by atoms with Crippen LogP contribution in [0.4, 0.5) is 0 Å². The molecule has 1 aliphatic carbocycles. The zero-order valence-electron chi connectivity index (χ0n) is 15.7. The van der Waals surface area contributed by atoms with Crippen LogP contribution in [0, 0.1) is 12.8 Å². The standard InChI is InChI=1S/C20H28N4O2/c1-15-17(24-11-4-3-6-18(24)21-15)13-22(2)14-20(26)9-5-10-23(19(20)25)12-16-7-8-16/h3-4,6,11,16,26H,5,7-10,12-14H2,1-2H3. The van der Waals surface area contributed by atoms with Crippen molar-refractivity contribution in [1.29, 1.82) is 0 Å². The Morgan fingerprint density at radius 2 is 2.19 bits per heavy atom. The number of carbonyl (C=O) groups excluding carboxylic acids is 1. The largest absolute Gasteiger partial charge is 0.379 e. The van der Waals surface area contributed by atoms with E-state index in [2.05, 4.69) is 9.38 Å². The van der Waals surface area contributed by atoms with Gasteiger partial charge in [0.25, 0.3) is 5.91 Å². The first-order chi connectivity index (χ1) is 12.5. The number of aliphatic hydroxyl groups is 1. The molecule has 3 heterocycles. The fraction of sp³-hybridized carbons (Fsp3) is 0.600. The molecule has 1 N–H and O–H groups in total. The van der Waals surface area contributed by atoms with Crippen molar-refractivity contribution >= 4 is 11.6 Å². The SMILES string of the molecule is Cc1nc2ccccn2c1CN(C)CC1(O)CCCN(CC2CC2)C1=O. The van der Waals surface area contributed by atoms with Gasteiger partial charge >= 0.3 is 0 Å². The lowest BCUT2D eigenvalue weighted by Gasteiger charge is -2.40. The molecule has 1 unspecified atom stereocenters. The van der Waals surface area contributed by atoms with Crippen LogP contribution in [-0.4, -0.2) is 62.5 Å². The molecule has 1 saturated carbocycles. The molecule has 1 saturated heterocycles. The van der Waals surface area contributed by atoms with E-state index in [9.17, 15) is 9.90 Å². The first-order valence-electron chi connectivity index (χ1n) is 9.59. The number of pyridine rings is 1. The van der Waals surface area contributed by atoms with Crippen LogP contribution in [0.5, 0.6) is 0 Å². The molecule has 0 bridgehead atoms. The van der Waals surface area contributed by atoms with Gasteiger partial charge in [0.2, 0.25) is 0 Å². The van der Waals surface area contributed by atoms with Crippen molar-refractivity contribution < 1.29 is 9.90 Å². The molecule has 6 nitrogen and oxygen atoms in total. The van der Waals surface area contributed by atoms with Gasteiger partial charge in [-0.25, -0.2) is 4.98 Å². The summed E-state index contributed by atoms with van der Waals surface area (Å²) in [7, 11) is 1.97. The number of rotatable bonds is 6. The van der Waals surface area contributed by atoms with Crippen molar-refractivity contribution in [2.24, 2.45) is 5.92 Å². The summed E-state index contributed by atoms with van der Waals surface area (Å²) in [5, 5.41) is 11.1. The van der Waals surface area contributed by atoms with E-state index in [4.69, 9.17) is 0 Å². The second kappa shape index (κ2) is 6.67. The summed E-state index contributed by atoms with van der Waals surface area (Å²) in [5.41, 5.74) is 1.75. The lowest BCUT2D eigenvalue weighted by Crippen LogP contribution is -2.58. The number of aryl methyl sites for hydroxylation is 1. The van der Waals surface area contributed by atoms with Crippen LogP contribution >= 0.6 is 0 Å². The molecule has 1 aliphatic heterocycles. The maximum absolute atomic E-state index is 12.9. The van der Waals surface area contributed by atoms with Gasteiger partial charge in [-0.1, -0.05) is 6.07 Å². The van der Waals surface area contributed by atoms with Crippen molar-refractivity contribution in [3.05, 3.63) is 35.8 Å². The second-order valence-corrected chi connectivity index (χ2v) is 8.07. The molecule has 1 atom stereocenters. The first kappa shape index (κ1) is 17.5. The topological polar surface area (TPSA) is 61.1 Å². The van der Waals surface area contributed by atoms with Gasteiger partial charge < -0.3 is 14.4 Å². The zero-order chi connectivity index (χ0) is 18.3. The van der Waals surface area contributed by atoms with E-state index < -0.39 is 5.60 Å². The van der Waals surface area contributed by atoms with Gasteiger partial charge in [-0.05, 0) is 57.7 Å². The average Bonchev–Trinajstić information content (AvgIpc) is 3.36. The number of aromatic nitrogens is 2. The maximum atomic E-state index is 12.9. The summed E-state index contributed by atoms with van der Waals surface area (Å²) in [6.07, 6.45) is 5.86. The Morgan fingerprint density at radius 1 is 1.38 bits per heavy atom. The Labute approximate surface area is 154 Å². The number of fused-ring (bicyclic) bond motifs is 1. The minimum atomic E-state index is -1.27. The summed E-state index contributed by atoms with van der Waals surface area (Å²) < 4.78 is 2.08. The lowest BCUT2D eigenvalue weighted by atomic mass is 9.91. The van der Waals surface area contributed by atoms with Crippen LogP contribution in [0.3, 0.4) is 0 Å². The molecule has 2 fully saturated rings. The van der Waals surface area contributed by atoms with E-state index in [0.717, 1.165) is 36.5 Å².